The van der Waals surface area contributed by atoms with E-state index in [-0.39, 0.29) is 17.2 Å². The first-order valence-electron chi connectivity index (χ1n) is 6.83. The van der Waals surface area contributed by atoms with E-state index in [1.807, 2.05) is 25.1 Å². The first kappa shape index (κ1) is 17.2. The molecule has 0 fully saturated rings. The summed E-state index contributed by atoms with van der Waals surface area (Å²) < 4.78 is 1.11. The van der Waals surface area contributed by atoms with Gasteiger partial charge in [-0.05, 0) is 59.3 Å². The number of carbonyl (C=O) groups is 1. The van der Waals surface area contributed by atoms with Crippen molar-refractivity contribution < 1.29 is 9.72 Å². The third-order valence-corrected chi connectivity index (χ3v) is 3.98. The molecule has 0 bridgehead atoms. The molecule has 6 nitrogen and oxygen atoms in total. The smallest absolute Gasteiger partial charge is 0.270 e. The van der Waals surface area contributed by atoms with Crippen LogP contribution in [0.4, 0.5) is 17.1 Å². The molecule has 0 unspecified atom stereocenters. The Morgan fingerprint density at radius 2 is 1.83 bits per heavy atom. The van der Waals surface area contributed by atoms with Crippen molar-refractivity contribution in [3.8, 4) is 0 Å². The Hall–Kier alpha value is -2.16. The molecule has 0 saturated carbocycles. The summed E-state index contributed by atoms with van der Waals surface area (Å²) in [5.41, 5.74) is 2.58. The SMILES string of the molecule is Cc1cc(I)ccc1Nc1ccc([N+](=O)[O-])cc1C(=O)N(C)C. The highest BCUT2D eigenvalue weighted by Gasteiger charge is 2.18. The van der Waals surface area contributed by atoms with Crippen LogP contribution in [-0.2, 0) is 0 Å². The molecule has 2 aromatic carbocycles. The molecule has 120 valence electrons. The second-order valence-corrected chi connectivity index (χ2v) is 6.52. The van der Waals surface area contributed by atoms with Crippen molar-refractivity contribution in [3.05, 3.63) is 61.2 Å². The Labute approximate surface area is 147 Å². The third kappa shape index (κ3) is 3.98. The fourth-order valence-electron chi connectivity index (χ4n) is 2.09. The van der Waals surface area contributed by atoms with Gasteiger partial charge in [0.15, 0.2) is 0 Å². The fraction of sp³-hybridized carbons (Fsp3) is 0.188. The number of carbonyl (C=O) groups excluding carboxylic acids is 1. The molecule has 0 spiro atoms. The van der Waals surface area contributed by atoms with Crippen molar-refractivity contribution >= 4 is 45.6 Å². The molecule has 23 heavy (non-hydrogen) atoms. The molecule has 2 aromatic rings. The average Bonchev–Trinajstić information content (AvgIpc) is 2.49. The van der Waals surface area contributed by atoms with Crippen LogP contribution in [0, 0.1) is 20.6 Å². The van der Waals surface area contributed by atoms with Gasteiger partial charge in [0.25, 0.3) is 11.6 Å². The molecule has 0 atom stereocenters. The van der Waals surface area contributed by atoms with Crippen LogP contribution >= 0.6 is 22.6 Å². The van der Waals surface area contributed by atoms with Gasteiger partial charge < -0.3 is 10.2 Å². The monoisotopic (exact) mass is 425 g/mol. The van der Waals surface area contributed by atoms with E-state index in [2.05, 4.69) is 27.9 Å². The van der Waals surface area contributed by atoms with Crippen molar-refractivity contribution in [2.45, 2.75) is 6.92 Å². The molecular formula is C16H16IN3O3. The van der Waals surface area contributed by atoms with Crippen molar-refractivity contribution in [2.75, 3.05) is 19.4 Å². The zero-order valence-corrected chi connectivity index (χ0v) is 15.1. The van der Waals surface area contributed by atoms with Crippen LogP contribution in [0.1, 0.15) is 15.9 Å². The number of hydrogen-bond donors (Lipinski definition) is 1. The summed E-state index contributed by atoms with van der Waals surface area (Å²) in [6, 6.07) is 10.1. The second kappa shape index (κ2) is 6.95. The lowest BCUT2D eigenvalue weighted by atomic mass is 10.1. The number of anilines is 2. The number of hydrogen-bond acceptors (Lipinski definition) is 4. The minimum Gasteiger partial charge on any atom is -0.355 e. The minimum absolute atomic E-state index is 0.111. The lowest BCUT2D eigenvalue weighted by Crippen LogP contribution is -2.22. The predicted molar refractivity (Wildman–Crippen MR) is 98.3 cm³/mol. The standard InChI is InChI=1S/C16H16IN3O3/c1-10-8-11(17)4-6-14(10)18-15-7-5-12(20(22)23)9-13(15)16(21)19(2)3/h4-9,18H,1-3H3. The molecule has 0 aliphatic rings. The maximum atomic E-state index is 12.3. The topological polar surface area (TPSA) is 75.5 Å². The van der Waals surface area contributed by atoms with Crippen molar-refractivity contribution in [3.63, 3.8) is 0 Å². The summed E-state index contributed by atoms with van der Waals surface area (Å²) in [5, 5.41) is 14.2. The summed E-state index contributed by atoms with van der Waals surface area (Å²) >= 11 is 2.23. The quantitative estimate of drug-likeness (QED) is 0.457. The molecule has 0 saturated heterocycles. The van der Waals surface area contributed by atoms with Crippen LogP contribution < -0.4 is 5.32 Å². The molecule has 0 aromatic heterocycles. The Bertz CT molecular complexity index is 775. The Balaban J connectivity index is 2.48. The van der Waals surface area contributed by atoms with Crippen molar-refractivity contribution in [1.82, 2.24) is 4.90 Å². The summed E-state index contributed by atoms with van der Waals surface area (Å²) in [4.78, 5) is 24.2. The van der Waals surface area contributed by atoms with E-state index in [4.69, 9.17) is 0 Å². The minimum atomic E-state index is -0.508. The second-order valence-electron chi connectivity index (χ2n) is 5.27. The number of nitrogens with one attached hydrogen (secondary N) is 1. The first-order chi connectivity index (χ1) is 10.8. The van der Waals surface area contributed by atoms with Gasteiger partial charge in [-0.2, -0.15) is 0 Å². The van der Waals surface area contributed by atoms with Crippen molar-refractivity contribution in [2.24, 2.45) is 0 Å². The van der Waals surface area contributed by atoms with Gasteiger partial charge in [0.1, 0.15) is 0 Å². The summed E-state index contributed by atoms with van der Waals surface area (Å²) in [5.74, 6) is -0.292. The van der Waals surface area contributed by atoms with Gasteiger partial charge in [-0.25, -0.2) is 0 Å². The maximum absolute atomic E-state index is 12.3. The van der Waals surface area contributed by atoms with Gasteiger partial charge in [0.05, 0.1) is 16.2 Å². The van der Waals surface area contributed by atoms with E-state index in [0.29, 0.717) is 5.69 Å². The number of halogens is 1. The molecule has 1 N–H and O–H groups in total. The van der Waals surface area contributed by atoms with Gasteiger partial charge >= 0.3 is 0 Å². The maximum Gasteiger partial charge on any atom is 0.270 e. The van der Waals surface area contributed by atoms with E-state index in [1.54, 1.807) is 20.2 Å². The van der Waals surface area contributed by atoms with Crippen LogP contribution in [0.15, 0.2) is 36.4 Å². The third-order valence-electron chi connectivity index (χ3n) is 3.31. The number of nitro benzene ring substituents is 1. The number of benzene rings is 2. The highest BCUT2D eigenvalue weighted by Crippen LogP contribution is 2.28. The summed E-state index contributed by atoms with van der Waals surface area (Å²) in [6.07, 6.45) is 0. The van der Waals surface area contributed by atoms with E-state index >= 15 is 0 Å². The normalized spacial score (nSPS) is 10.3. The molecule has 0 radical (unpaired) electrons. The molecule has 1 amide bonds. The van der Waals surface area contributed by atoms with Crippen LogP contribution in [0.3, 0.4) is 0 Å². The van der Waals surface area contributed by atoms with Crippen LogP contribution in [-0.4, -0.2) is 29.8 Å². The lowest BCUT2D eigenvalue weighted by Gasteiger charge is -2.16. The number of rotatable bonds is 4. The summed E-state index contributed by atoms with van der Waals surface area (Å²) in [6.45, 7) is 1.96. The predicted octanol–water partition coefficient (Wildman–Crippen LogP) is 3.95. The zero-order chi connectivity index (χ0) is 17.1. The van der Waals surface area contributed by atoms with Gasteiger partial charge in [-0.15, -0.1) is 0 Å². The van der Waals surface area contributed by atoms with E-state index < -0.39 is 4.92 Å². The summed E-state index contributed by atoms with van der Waals surface area (Å²) in [7, 11) is 3.22. The number of non-ortho nitro benzene ring substituents is 1. The van der Waals surface area contributed by atoms with Gasteiger partial charge in [0, 0.05) is 35.5 Å². The van der Waals surface area contributed by atoms with E-state index in [1.165, 1.54) is 17.0 Å². The Kier molecular flexibility index (Phi) is 5.19. The molecule has 0 aliphatic carbocycles. The largest absolute Gasteiger partial charge is 0.355 e. The van der Waals surface area contributed by atoms with Gasteiger partial charge in [-0.1, -0.05) is 0 Å². The van der Waals surface area contributed by atoms with E-state index in [0.717, 1.165) is 14.8 Å². The zero-order valence-electron chi connectivity index (χ0n) is 13.0. The highest BCUT2D eigenvalue weighted by atomic mass is 127. The van der Waals surface area contributed by atoms with Crippen LogP contribution in [0.25, 0.3) is 0 Å². The molecule has 0 heterocycles. The van der Waals surface area contributed by atoms with Crippen LogP contribution in [0.2, 0.25) is 0 Å². The van der Waals surface area contributed by atoms with Crippen molar-refractivity contribution in [1.29, 1.82) is 0 Å². The molecular weight excluding hydrogens is 409 g/mol. The first-order valence-corrected chi connectivity index (χ1v) is 7.90. The fourth-order valence-corrected chi connectivity index (χ4v) is 2.73. The number of nitro groups is 1. The lowest BCUT2D eigenvalue weighted by molar-refractivity contribution is -0.384. The average molecular weight is 425 g/mol. The molecule has 2 rings (SSSR count). The van der Waals surface area contributed by atoms with Crippen LogP contribution in [0.5, 0.6) is 0 Å². The number of amides is 1. The van der Waals surface area contributed by atoms with E-state index in [9.17, 15) is 14.9 Å². The van der Waals surface area contributed by atoms with Gasteiger partial charge in [-0.3, -0.25) is 14.9 Å². The number of aryl methyl sites for hydroxylation is 1. The Morgan fingerprint density at radius 1 is 1.17 bits per heavy atom. The Morgan fingerprint density at radius 3 is 2.39 bits per heavy atom. The molecule has 7 heteroatoms. The highest BCUT2D eigenvalue weighted by molar-refractivity contribution is 14.1. The van der Waals surface area contributed by atoms with Gasteiger partial charge in [0.2, 0.25) is 0 Å². The number of nitrogens with zero attached hydrogens (tertiary/aromatic N) is 2. The molecule has 0 aliphatic heterocycles.